The molecular formula is C42H26N4O. The Kier molecular flexibility index (Phi) is 5.51. The third-order valence-electron chi connectivity index (χ3n) is 9.20. The molecule has 0 unspecified atom stereocenters. The molecule has 0 radical (unpaired) electrons. The van der Waals surface area contributed by atoms with E-state index in [1.165, 1.54) is 5.39 Å². The SMILES string of the molecule is c1ccc(-c2nc3c4cc(Oc5ccc6c7ccccc7n7ccnc7c6c5)ccc4c4ccccc4n3c2-c2ccccc2)cc1. The summed E-state index contributed by atoms with van der Waals surface area (Å²) in [6.45, 7) is 0. The van der Waals surface area contributed by atoms with E-state index < -0.39 is 0 Å². The van der Waals surface area contributed by atoms with Gasteiger partial charge >= 0.3 is 0 Å². The Labute approximate surface area is 269 Å². The first-order valence-electron chi connectivity index (χ1n) is 15.7. The molecule has 0 aliphatic heterocycles. The summed E-state index contributed by atoms with van der Waals surface area (Å²) >= 11 is 0. The second-order valence-electron chi connectivity index (χ2n) is 11.9. The maximum atomic E-state index is 6.63. The Hall–Kier alpha value is -6.46. The zero-order valence-corrected chi connectivity index (χ0v) is 25.2. The maximum absolute atomic E-state index is 6.63. The van der Waals surface area contributed by atoms with Crippen LogP contribution in [0.15, 0.2) is 158 Å². The number of nitrogens with zero attached hydrogens (tertiary/aromatic N) is 4. The Balaban J connectivity index is 1.21. The van der Waals surface area contributed by atoms with Gasteiger partial charge in [-0.1, -0.05) is 97.1 Å². The van der Waals surface area contributed by atoms with E-state index in [1.54, 1.807) is 0 Å². The van der Waals surface area contributed by atoms with Gasteiger partial charge in [0.2, 0.25) is 0 Å². The molecule has 0 aliphatic carbocycles. The number of pyridine rings is 2. The van der Waals surface area contributed by atoms with E-state index in [4.69, 9.17) is 14.7 Å². The van der Waals surface area contributed by atoms with E-state index in [-0.39, 0.29) is 0 Å². The fourth-order valence-electron chi connectivity index (χ4n) is 7.15. The molecule has 0 amide bonds. The number of rotatable bonds is 4. The van der Waals surface area contributed by atoms with Crippen molar-refractivity contribution < 1.29 is 4.74 Å². The number of ether oxygens (including phenoxy) is 1. The van der Waals surface area contributed by atoms with Crippen LogP contribution in [0.3, 0.4) is 0 Å². The first-order chi connectivity index (χ1) is 23.3. The van der Waals surface area contributed by atoms with E-state index in [0.29, 0.717) is 0 Å². The van der Waals surface area contributed by atoms with Gasteiger partial charge in [-0.05, 0) is 59.3 Å². The van der Waals surface area contributed by atoms with Crippen LogP contribution in [-0.4, -0.2) is 18.8 Å². The molecule has 4 aromatic heterocycles. The first-order valence-corrected chi connectivity index (χ1v) is 15.7. The van der Waals surface area contributed by atoms with Crippen molar-refractivity contribution in [2.45, 2.75) is 0 Å². The van der Waals surface area contributed by atoms with Gasteiger partial charge in [-0.2, -0.15) is 0 Å². The van der Waals surface area contributed by atoms with Crippen LogP contribution in [-0.2, 0) is 0 Å². The average Bonchev–Trinajstić information content (AvgIpc) is 3.80. The highest BCUT2D eigenvalue weighted by atomic mass is 16.5. The topological polar surface area (TPSA) is 43.8 Å². The fourth-order valence-corrected chi connectivity index (χ4v) is 7.15. The van der Waals surface area contributed by atoms with E-state index in [9.17, 15) is 0 Å². The lowest BCUT2D eigenvalue weighted by Crippen LogP contribution is -1.95. The Morgan fingerprint density at radius 3 is 1.74 bits per heavy atom. The molecule has 0 saturated heterocycles. The summed E-state index contributed by atoms with van der Waals surface area (Å²) < 4.78 is 11.1. The zero-order valence-electron chi connectivity index (χ0n) is 25.2. The van der Waals surface area contributed by atoms with Crippen LogP contribution in [0.1, 0.15) is 0 Å². The quantitative estimate of drug-likeness (QED) is 0.188. The summed E-state index contributed by atoms with van der Waals surface area (Å²) in [5.41, 5.74) is 8.27. The third kappa shape index (κ3) is 3.90. The van der Waals surface area contributed by atoms with E-state index >= 15 is 0 Å². The van der Waals surface area contributed by atoms with E-state index in [2.05, 4.69) is 142 Å². The van der Waals surface area contributed by atoms with Gasteiger partial charge < -0.3 is 4.74 Å². The minimum Gasteiger partial charge on any atom is -0.457 e. The Morgan fingerprint density at radius 1 is 0.468 bits per heavy atom. The molecule has 0 saturated carbocycles. The predicted octanol–water partition coefficient (Wildman–Crippen LogP) is 10.7. The summed E-state index contributed by atoms with van der Waals surface area (Å²) in [6, 6.07) is 50.6. The van der Waals surface area contributed by atoms with Crippen LogP contribution < -0.4 is 4.74 Å². The lowest BCUT2D eigenvalue weighted by Gasteiger charge is -2.13. The number of hydrogen-bond acceptors (Lipinski definition) is 3. The molecule has 5 nitrogen and oxygen atoms in total. The van der Waals surface area contributed by atoms with Crippen molar-refractivity contribution in [3.8, 4) is 34.0 Å². The van der Waals surface area contributed by atoms with Crippen LogP contribution in [0.2, 0.25) is 0 Å². The molecule has 10 aromatic rings. The molecule has 5 heteroatoms. The normalized spacial score (nSPS) is 11.8. The summed E-state index contributed by atoms with van der Waals surface area (Å²) in [5, 5.41) is 6.71. The highest BCUT2D eigenvalue weighted by Crippen LogP contribution is 2.40. The lowest BCUT2D eigenvalue weighted by atomic mass is 10.0. The van der Waals surface area contributed by atoms with E-state index in [0.717, 1.165) is 83.3 Å². The van der Waals surface area contributed by atoms with Gasteiger partial charge in [0.25, 0.3) is 0 Å². The first kappa shape index (κ1) is 25.8. The van der Waals surface area contributed by atoms with Crippen molar-refractivity contribution in [1.82, 2.24) is 18.8 Å². The maximum Gasteiger partial charge on any atom is 0.146 e. The molecule has 220 valence electrons. The van der Waals surface area contributed by atoms with Crippen LogP contribution in [0, 0.1) is 0 Å². The highest BCUT2D eigenvalue weighted by Gasteiger charge is 2.21. The van der Waals surface area contributed by atoms with Crippen LogP contribution in [0.25, 0.3) is 77.2 Å². The molecule has 0 aliphatic rings. The number of fused-ring (bicyclic) bond motifs is 12. The Morgan fingerprint density at radius 2 is 1.04 bits per heavy atom. The summed E-state index contributed by atoms with van der Waals surface area (Å²) in [7, 11) is 0. The summed E-state index contributed by atoms with van der Waals surface area (Å²) in [4.78, 5) is 10.1. The molecule has 0 fully saturated rings. The fraction of sp³-hybridized carbons (Fsp3) is 0. The molecule has 0 atom stereocenters. The summed E-state index contributed by atoms with van der Waals surface area (Å²) in [5.74, 6) is 1.51. The van der Waals surface area contributed by atoms with Crippen LogP contribution in [0.5, 0.6) is 11.5 Å². The molecule has 10 rings (SSSR count). The minimum absolute atomic E-state index is 0.750. The molecule has 0 bridgehead atoms. The molecule has 0 spiro atoms. The largest absolute Gasteiger partial charge is 0.457 e. The number of benzene rings is 6. The van der Waals surface area contributed by atoms with Crippen molar-refractivity contribution in [2.75, 3.05) is 0 Å². The van der Waals surface area contributed by atoms with Crippen LogP contribution >= 0.6 is 0 Å². The van der Waals surface area contributed by atoms with Gasteiger partial charge in [0.05, 0.1) is 22.4 Å². The minimum atomic E-state index is 0.750. The van der Waals surface area contributed by atoms with Crippen molar-refractivity contribution in [3.63, 3.8) is 0 Å². The lowest BCUT2D eigenvalue weighted by molar-refractivity contribution is 0.484. The monoisotopic (exact) mass is 602 g/mol. The highest BCUT2D eigenvalue weighted by molar-refractivity contribution is 6.14. The van der Waals surface area contributed by atoms with Gasteiger partial charge in [0.15, 0.2) is 0 Å². The molecular weight excluding hydrogens is 576 g/mol. The van der Waals surface area contributed by atoms with Crippen molar-refractivity contribution in [1.29, 1.82) is 0 Å². The molecule has 4 heterocycles. The third-order valence-corrected chi connectivity index (χ3v) is 9.20. The van der Waals surface area contributed by atoms with Gasteiger partial charge in [-0.25, -0.2) is 9.97 Å². The van der Waals surface area contributed by atoms with Crippen molar-refractivity contribution in [3.05, 3.63) is 158 Å². The van der Waals surface area contributed by atoms with Crippen molar-refractivity contribution in [2.24, 2.45) is 0 Å². The van der Waals surface area contributed by atoms with Gasteiger partial charge in [-0.3, -0.25) is 8.80 Å². The number of aromatic nitrogens is 4. The molecule has 6 aromatic carbocycles. The van der Waals surface area contributed by atoms with Gasteiger partial charge in [0.1, 0.15) is 22.8 Å². The number of hydrogen-bond donors (Lipinski definition) is 0. The van der Waals surface area contributed by atoms with Crippen LogP contribution in [0.4, 0.5) is 0 Å². The van der Waals surface area contributed by atoms with Gasteiger partial charge in [0, 0.05) is 45.1 Å². The Bertz CT molecular complexity index is 2820. The zero-order chi connectivity index (χ0) is 30.9. The smallest absolute Gasteiger partial charge is 0.146 e. The van der Waals surface area contributed by atoms with E-state index in [1.807, 2.05) is 24.5 Å². The molecule has 47 heavy (non-hydrogen) atoms. The van der Waals surface area contributed by atoms with Gasteiger partial charge in [-0.15, -0.1) is 0 Å². The van der Waals surface area contributed by atoms with Crippen molar-refractivity contribution >= 4 is 54.6 Å². The number of para-hydroxylation sites is 2. The second kappa shape index (κ2) is 10.0. The second-order valence-corrected chi connectivity index (χ2v) is 11.9. The summed E-state index contributed by atoms with van der Waals surface area (Å²) in [6.07, 6.45) is 3.87. The number of imidazole rings is 2. The predicted molar refractivity (Wildman–Crippen MR) is 191 cm³/mol. The standard InChI is InChI=1S/C42H26N4O/c1-3-11-27(12-4-1)39-40(28-13-5-2-6-14-28)46-38-18-10-8-16-34(38)32-22-20-30(26-36(32)42(46)44-39)47-29-19-21-31-33-15-7-9-17-37(33)45-24-23-43-41(45)35(31)25-29/h1-26H. The molecule has 0 N–H and O–H groups in total. The average molecular weight is 603 g/mol.